The van der Waals surface area contributed by atoms with Gasteiger partial charge in [0.05, 0.1) is 12.8 Å². The van der Waals surface area contributed by atoms with Gasteiger partial charge in [0, 0.05) is 26.4 Å². The lowest BCUT2D eigenvalue weighted by Crippen LogP contribution is -2.43. The highest BCUT2D eigenvalue weighted by Gasteiger charge is 2.21. The third kappa shape index (κ3) is 2.92. The molecule has 0 spiro atoms. The number of aryl methyl sites for hydroxylation is 2. The summed E-state index contributed by atoms with van der Waals surface area (Å²) in [5, 5.41) is 16.6. The van der Waals surface area contributed by atoms with Gasteiger partial charge in [0.25, 0.3) is 11.5 Å². The lowest BCUT2D eigenvalue weighted by Gasteiger charge is -2.10. The maximum absolute atomic E-state index is 12.7. The second-order valence-corrected chi connectivity index (χ2v) is 5.03. The Bertz CT molecular complexity index is 1100. The molecule has 1 N–H and O–H groups in total. The SMILES string of the molecule is COc1cc(-n2c(=O)c(C(=O)Nc3nnnn3C)nn(C)c2=O)ccn1. The molecule has 13 heteroatoms. The van der Waals surface area contributed by atoms with Crippen molar-refractivity contribution < 1.29 is 9.53 Å². The number of anilines is 1. The predicted molar refractivity (Wildman–Crippen MR) is 86.2 cm³/mol. The molecule has 0 saturated carbocycles. The number of hydrogen-bond acceptors (Lipinski definition) is 9. The van der Waals surface area contributed by atoms with Gasteiger partial charge >= 0.3 is 5.69 Å². The van der Waals surface area contributed by atoms with Gasteiger partial charge in [0.15, 0.2) is 0 Å². The number of methoxy groups -OCH3 is 1. The van der Waals surface area contributed by atoms with Crippen LogP contribution in [0.15, 0.2) is 27.9 Å². The normalized spacial score (nSPS) is 10.6. The quantitative estimate of drug-likeness (QED) is 0.563. The first-order chi connectivity index (χ1) is 12.4. The van der Waals surface area contributed by atoms with Gasteiger partial charge in [-0.15, -0.1) is 0 Å². The molecule has 0 aliphatic rings. The first-order valence-corrected chi connectivity index (χ1v) is 7.17. The van der Waals surface area contributed by atoms with Crippen molar-refractivity contribution in [1.82, 2.24) is 39.5 Å². The predicted octanol–water partition coefficient (Wildman–Crippen LogP) is -1.89. The molecule has 134 valence electrons. The molecule has 0 aliphatic carbocycles. The van der Waals surface area contributed by atoms with Gasteiger partial charge in [-0.05, 0) is 16.5 Å². The van der Waals surface area contributed by atoms with Gasteiger partial charge < -0.3 is 4.74 Å². The summed E-state index contributed by atoms with van der Waals surface area (Å²) in [4.78, 5) is 41.4. The van der Waals surface area contributed by atoms with Gasteiger partial charge in [-0.2, -0.15) is 5.10 Å². The van der Waals surface area contributed by atoms with Crippen molar-refractivity contribution in [3.8, 4) is 11.6 Å². The molecule has 0 aromatic carbocycles. The lowest BCUT2D eigenvalue weighted by atomic mass is 10.3. The summed E-state index contributed by atoms with van der Waals surface area (Å²) >= 11 is 0. The van der Waals surface area contributed by atoms with Crippen molar-refractivity contribution in [3.63, 3.8) is 0 Å². The molecule has 3 rings (SSSR count). The smallest absolute Gasteiger partial charge is 0.351 e. The fourth-order valence-electron chi connectivity index (χ4n) is 2.09. The summed E-state index contributed by atoms with van der Waals surface area (Å²) in [6.07, 6.45) is 1.37. The van der Waals surface area contributed by atoms with E-state index in [0.717, 1.165) is 9.25 Å². The van der Waals surface area contributed by atoms with Crippen LogP contribution in [0.1, 0.15) is 10.5 Å². The van der Waals surface area contributed by atoms with Crippen molar-refractivity contribution >= 4 is 11.9 Å². The van der Waals surface area contributed by atoms with Crippen molar-refractivity contribution in [2.24, 2.45) is 14.1 Å². The number of carbonyl (C=O) groups excluding carboxylic acids is 1. The number of hydrogen-bond donors (Lipinski definition) is 1. The second-order valence-electron chi connectivity index (χ2n) is 5.03. The van der Waals surface area contributed by atoms with Crippen LogP contribution in [-0.2, 0) is 14.1 Å². The van der Waals surface area contributed by atoms with Crippen LogP contribution in [0.5, 0.6) is 5.88 Å². The summed E-state index contributed by atoms with van der Waals surface area (Å²) in [5.74, 6) is -0.648. The molecular formula is C13H13N9O4. The summed E-state index contributed by atoms with van der Waals surface area (Å²) < 4.78 is 7.86. The van der Waals surface area contributed by atoms with Crippen LogP contribution in [0, 0.1) is 0 Å². The first kappa shape index (κ1) is 16.9. The monoisotopic (exact) mass is 359 g/mol. The average Bonchev–Trinajstić information content (AvgIpc) is 3.03. The van der Waals surface area contributed by atoms with Crippen LogP contribution in [-0.4, -0.2) is 52.6 Å². The van der Waals surface area contributed by atoms with Crippen molar-refractivity contribution in [1.29, 1.82) is 0 Å². The third-order valence-corrected chi connectivity index (χ3v) is 3.37. The van der Waals surface area contributed by atoms with Crippen molar-refractivity contribution in [3.05, 3.63) is 44.9 Å². The van der Waals surface area contributed by atoms with Crippen LogP contribution in [0.4, 0.5) is 5.95 Å². The minimum absolute atomic E-state index is 0.0159. The molecule has 0 aliphatic heterocycles. The topological polar surface area (TPSA) is 152 Å². The zero-order chi connectivity index (χ0) is 18.8. The van der Waals surface area contributed by atoms with Gasteiger partial charge in [0.2, 0.25) is 17.5 Å². The molecule has 3 heterocycles. The van der Waals surface area contributed by atoms with E-state index in [0.29, 0.717) is 0 Å². The Kier molecular flexibility index (Phi) is 4.26. The Balaban J connectivity index is 2.12. The minimum Gasteiger partial charge on any atom is -0.481 e. The van der Waals surface area contributed by atoms with Gasteiger partial charge in [-0.1, -0.05) is 5.10 Å². The highest BCUT2D eigenvalue weighted by Crippen LogP contribution is 2.10. The maximum atomic E-state index is 12.7. The van der Waals surface area contributed by atoms with E-state index in [-0.39, 0.29) is 17.5 Å². The van der Waals surface area contributed by atoms with E-state index in [1.807, 2.05) is 0 Å². The van der Waals surface area contributed by atoms with E-state index in [2.05, 4.69) is 30.9 Å². The van der Waals surface area contributed by atoms with Crippen molar-refractivity contribution in [2.45, 2.75) is 0 Å². The molecule has 0 radical (unpaired) electrons. The van der Waals surface area contributed by atoms with E-state index in [4.69, 9.17) is 4.74 Å². The molecule has 3 aromatic heterocycles. The van der Waals surface area contributed by atoms with E-state index >= 15 is 0 Å². The van der Waals surface area contributed by atoms with E-state index in [1.54, 1.807) is 0 Å². The lowest BCUT2D eigenvalue weighted by molar-refractivity contribution is 0.101. The molecule has 13 nitrogen and oxygen atoms in total. The highest BCUT2D eigenvalue weighted by atomic mass is 16.5. The van der Waals surface area contributed by atoms with Gasteiger partial charge in [-0.25, -0.2) is 23.7 Å². The van der Waals surface area contributed by atoms with Crippen LogP contribution in [0.2, 0.25) is 0 Å². The Morgan fingerprint density at radius 1 is 1.23 bits per heavy atom. The number of rotatable bonds is 4. The maximum Gasteiger partial charge on any atom is 0.351 e. The summed E-state index contributed by atoms with van der Waals surface area (Å²) in [7, 11) is 4.22. The first-order valence-electron chi connectivity index (χ1n) is 7.17. The largest absolute Gasteiger partial charge is 0.481 e. The van der Waals surface area contributed by atoms with E-state index in [9.17, 15) is 14.4 Å². The third-order valence-electron chi connectivity index (χ3n) is 3.37. The van der Waals surface area contributed by atoms with Crippen molar-refractivity contribution in [2.75, 3.05) is 12.4 Å². The van der Waals surface area contributed by atoms with Crippen LogP contribution >= 0.6 is 0 Å². The molecule has 0 fully saturated rings. The second kappa shape index (κ2) is 6.54. The van der Waals surface area contributed by atoms with Gasteiger partial charge in [-0.3, -0.25) is 14.9 Å². The Hall–Kier alpha value is -3.90. The fraction of sp³-hybridized carbons (Fsp3) is 0.231. The molecular weight excluding hydrogens is 346 g/mol. The summed E-state index contributed by atoms with van der Waals surface area (Å²) in [6, 6.07) is 2.82. The standard InChI is InChI=1S/C13H13N9O4/c1-20-12(16-18-19-20)15-10(23)9-11(24)22(13(25)21(2)17-9)7-4-5-14-8(6-7)26-3/h4-6H,1-3H3,(H,15,16,19,23). The molecule has 0 atom stereocenters. The Morgan fingerprint density at radius 3 is 2.65 bits per heavy atom. The van der Waals surface area contributed by atoms with E-state index in [1.165, 1.54) is 44.2 Å². The molecule has 26 heavy (non-hydrogen) atoms. The number of nitrogens with one attached hydrogen (secondary N) is 1. The number of amides is 1. The molecule has 3 aromatic rings. The van der Waals surface area contributed by atoms with Crippen LogP contribution in [0.25, 0.3) is 5.69 Å². The Labute approximate surface area is 144 Å². The summed E-state index contributed by atoms with van der Waals surface area (Å²) in [6.45, 7) is 0. The Morgan fingerprint density at radius 2 is 2.00 bits per heavy atom. The summed E-state index contributed by atoms with van der Waals surface area (Å²) in [5.41, 5.74) is -1.97. The zero-order valence-electron chi connectivity index (χ0n) is 13.9. The number of pyridine rings is 1. The minimum atomic E-state index is -0.908. The number of aromatic nitrogens is 8. The van der Waals surface area contributed by atoms with Crippen LogP contribution in [0.3, 0.4) is 0 Å². The fourth-order valence-corrected chi connectivity index (χ4v) is 2.09. The van der Waals surface area contributed by atoms with Crippen LogP contribution < -0.4 is 21.3 Å². The number of tetrazole rings is 1. The number of carbonyl (C=O) groups is 1. The molecule has 0 saturated heterocycles. The van der Waals surface area contributed by atoms with E-state index < -0.39 is 22.9 Å². The average molecular weight is 359 g/mol. The highest BCUT2D eigenvalue weighted by molar-refractivity contribution is 6.01. The van der Waals surface area contributed by atoms with Gasteiger partial charge in [0.1, 0.15) is 0 Å². The molecule has 0 bridgehead atoms. The number of nitrogens with zero attached hydrogens (tertiary/aromatic N) is 8. The zero-order valence-corrected chi connectivity index (χ0v) is 13.9. The molecule has 0 unspecified atom stereocenters. The molecule has 1 amide bonds. The number of ether oxygens (including phenoxy) is 1.